The fourth-order valence-electron chi connectivity index (χ4n) is 4.07. The molecule has 0 heterocycles. The van der Waals surface area contributed by atoms with Crippen LogP contribution in [0.25, 0.3) is 0 Å². The van der Waals surface area contributed by atoms with Crippen molar-refractivity contribution in [2.75, 3.05) is 6.61 Å². The van der Waals surface area contributed by atoms with Gasteiger partial charge in [-0.2, -0.15) is 0 Å². The summed E-state index contributed by atoms with van der Waals surface area (Å²) in [6.07, 6.45) is 3.25. The molecular formula is C12H22O2. The molecule has 2 aliphatic rings. The van der Waals surface area contributed by atoms with E-state index in [0.717, 1.165) is 12.8 Å². The van der Waals surface area contributed by atoms with Crippen molar-refractivity contribution in [1.82, 2.24) is 0 Å². The minimum absolute atomic E-state index is 0.0236. The van der Waals surface area contributed by atoms with E-state index in [1.807, 2.05) is 6.92 Å². The third-order valence-electron chi connectivity index (χ3n) is 5.24. The Hall–Kier alpha value is -0.0800. The molecule has 4 atom stereocenters. The number of fused-ring (bicyclic) bond motifs is 2. The second-order valence-corrected chi connectivity index (χ2v) is 5.84. The molecule has 2 N–H and O–H groups in total. The van der Waals surface area contributed by atoms with Crippen molar-refractivity contribution in [3.63, 3.8) is 0 Å². The lowest BCUT2D eigenvalue weighted by molar-refractivity contribution is -0.0910. The van der Waals surface area contributed by atoms with Crippen molar-refractivity contribution in [1.29, 1.82) is 0 Å². The number of hydrogen-bond acceptors (Lipinski definition) is 2. The van der Waals surface area contributed by atoms with Crippen molar-refractivity contribution in [3.8, 4) is 0 Å². The average Bonchev–Trinajstić information content (AvgIpc) is 2.52. The summed E-state index contributed by atoms with van der Waals surface area (Å²) in [5.74, 6) is 1.56. The summed E-state index contributed by atoms with van der Waals surface area (Å²) >= 11 is 0. The second-order valence-electron chi connectivity index (χ2n) is 5.84. The molecule has 0 aromatic rings. The van der Waals surface area contributed by atoms with Crippen LogP contribution in [0, 0.1) is 23.2 Å². The Morgan fingerprint density at radius 2 is 1.71 bits per heavy atom. The molecule has 2 fully saturated rings. The van der Waals surface area contributed by atoms with Gasteiger partial charge in [-0.1, -0.05) is 13.8 Å². The molecule has 0 spiro atoms. The quantitative estimate of drug-likeness (QED) is 0.710. The summed E-state index contributed by atoms with van der Waals surface area (Å²) in [5, 5.41) is 19.6. The van der Waals surface area contributed by atoms with Gasteiger partial charge in [-0.25, -0.2) is 0 Å². The molecule has 14 heavy (non-hydrogen) atoms. The van der Waals surface area contributed by atoms with Gasteiger partial charge in [-0.3, -0.25) is 0 Å². The van der Waals surface area contributed by atoms with E-state index in [0.29, 0.717) is 17.8 Å². The van der Waals surface area contributed by atoms with E-state index < -0.39 is 5.60 Å². The van der Waals surface area contributed by atoms with Crippen molar-refractivity contribution in [2.24, 2.45) is 23.2 Å². The Morgan fingerprint density at radius 3 is 2.14 bits per heavy atom. The molecule has 2 rings (SSSR count). The Labute approximate surface area is 86.3 Å². The third kappa shape index (κ3) is 1.04. The average molecular weight is 198 g/mol. The van der Waals surface area contributed by atoms with E-state index in [1.165, 1.54) is 6.42 Å². The first-order valence-electron chi connectivity index (χ1n) is 5.76. The normalized spacial score (nSPS) is 49.9. The number of aliphatic hydroxyl groups excluding tert-OH is 1. The highest BCUT2D eigenvalue weighted by molar-refractivity contribution is 5.13. The first-order valence-corrected chi connectivity index (χ1v) is 5.76. The van der Waals surface area contributed by atoms with Crippen LogP contribution >= 0.6 is 0 Å². The largest absolute Gasteiger partial charge is 0.396 e. The van der Waals surface area contributed by atoms with Gasteiger partial charge in [0.05, 0.1) is 5.60 Å². The molecule has 2 heteroatoms. The monoisotopic (exact) mass is 198 g/mol. The summed E-state index contributed by atoms with van der Waals surface area (Å²) < 4.78 is 0. The SMILES string of the molecule is CC1(C)[C@@H]2CC[C@@H]([C@@H]2CCO)[C@@]1(C)O. The first kappa shape index (κ1) is 10.4. The molecule has 2 saturated carbocycles. The van der Waals surface area contributed by atoms with Crippen LogP contribution in [0.2, 0.25) is 0 Å². The zero-order valence-electron chi connectivity index (χ0n) is 9.45. The van der Waals surface area contributed by atoms with Gasteiger partial charge in [-0.05, 0) is 49.4 Å². The van der Waals surface area contributed by atoms with Crippen LogP contribution in [0.3, 0.4) is 0 Å². The molecule has 82 valence electrons. The smallest absolute Gasteiger partial charge is 0.0703 e. The highest BCUT2D eigenvalue weighted by atomic mass is 16.3. The zero-order valence-corrected chi connectivity index (χ0v) is 9.45. The number of aliphatic hydroxyl groups is 2. The van der Waals surface area contributed by atoms with Gasteiger partial charge in [0, 0.05) is 6.61 Å². The fraction of sp³-hybridized carbons (Fsp3) is 1.00. The highest BCUT2D eigenvalue weighted by Gasteiger charge is 2.64. The Bertz CT molecular complexity index is 210. The van der Waals surface area contributed by atoms with E-state index in [1.54, 1.807) is 0 Å². The van der Waals surface area contributed by atoms with Crippen LogP contribution in [0.4, 0.5) is 0 Å². The van der Waals surface area contributed by atoms with E-state index in [4.69, 9.17) is 5.11 Å². The lowest BCUT2D eigenvalue weighted by Gasteiger charge is -2.43. The summed E-state index contributed by atoms with van der Waals surface area (Å²) in [6.45, 7) is 6.62. The van der Waals surface area contributed by atoms with Crippen molar-refractivity contribution in [2.45, 2.75) is 45.6 Å². The highest BCUT2D eigenvalue weighted by Crippen LogP contribution is 2.64. The Balaban J connectivity index is 2.28. The summed E-state index contributed by atoms with van der Waals surface area (Å²) in [4.78, 5) is 0. The van der Waals surface area contributed by atoms with Gasteiger partial charge >= 0.3 is 0 Å². The third-order valence-corrected chi connectivity index (χ3v) is 5.24. The molecule has 2 bridgehead atoms. The Morgan fingerprint density at radius 1 is 1.14 bits per heavy atom. The minimum Gasteiger partial charge on any atom is -0.396 e. The molecular weight excluding hydrogens is 176 g/mol. The van der Waals surface area contributed by atoms with Gasteiger partial charge in [0.1, 0.15) is 0 Å². The summed E-state index contributed by atoms with van der Waals surface area (Å²) in [6, 6.07) is 0. The van der Waals surface area contributed by atoms with Crippen LogP contribution in [0.1, 0.15) is 40.0 Å². The number of hydrogen-bond donors (Lipinski definition) is 2. The summed E-state index contributed by atoms with van der Waals surface area (Å²) in [5.41, 5.74) is -0.508. The maximum atomic E-state index is 10.5. The van der Waals surface area contributed by atoms with Crippen LogP contribution in [0.5, 0.6) is 0 Å². The molecule has 0 aromatic carbocycles. The molecule has 2 aliphatic carbocycles. The predicted octanol–water partition coefficient (Wildman–Crippen LogP) is 1.80. The van der Waals surface area contributed by atoms with Gasteiger partial charge in [0.25, 0.3) is 0 Å². The van der Waals surface area contributed by atoms with E-state index >= 15 is 0 Å². The van der Waals surface area contributed by atoms with E-state index in [2.05, 4.69) is 13.8 Å². The molecule has 2 nitrogen and oxygen atoms in total. The Kier molecular flexibility index (Phi) is 2.20. The van der Waals surface area contributed by atoms with Crippen molar-refractivity contribution in [3.05, 3.63) is 0 Å². The maximum absolute atomic E-state index is 10.5. The fourth-order valence-corrected chi connectivity index (χ4v) is 4.07. The van der Waals surface area contributed by atoms with E-state index in [9.17, 15) is 5.11 Å². The van der Waals surface area contributed by atoms with Crippen molar-refractivity contribution >= 4 is 0 Å². The summed E-state index contributed by atoms with van der Waals surface area (Å²) in [7, 11) is 0. The van der Waals surface area contributed by atoms with Gasteiger partial charge in [0.2, 0.25) is 0 Å². The molecule has 0 radical (unpaired) electrons. The lowest BCUT2D eigenvalue weighted by atomic mass is 9.66. The second kappa shape index (κ2) is 2.96. The molecule has 0 aliphatic heterocycles. The minimum atomic E-state index is -0.532. The first-order chi connectivity index (χ1) is 6.43. The molecule has 0 aromatic heterocycles. The van der Waals surface area contributed by atoms with E-state index in [-0.39, 0.29) is 12.0 Å². The van der Waals surface area contributed by atoms with Crippen LogP contribution in [-0.4, -0.2) is 22.4 Å². The topological polar surface area (TPSA) is 40.5 Å². The van der Waals surface area contributed by atoms with Crippen LogP contribution in [0.15, 0.2) is 0 Å². The van der Waals surface area contributed by atoms with Crippen LogP contribution < -0.4 is 0 Å². The maximum Gasteiger partial charge on any atom is 0.0703 e. The number of rotatable bonds is 2. The molecule has 0 amide bonds. The van der Waals surface area contributed by atoms with Crippen molar-refractivity contribution < 1.29 is 10.2 Å². The van der Waals surface area contributed by atoms with Gasteiger partial charge in [0.15, 0.2) is 0 Å². The van der Waals surface area contributed by atoms with Gasteiger partial charge < -0.3 is 10.2 Å². The lowest BCUT2D eigenvalue weighted by Crippen LogP contribution is -2.46. The molecule has 0 unspecified atom stereocenters. The zero-order chi connectivity index (χ0) is 10.6. The predicted molar refractivity (Wildman–Crippen MR) is 55.8 cm³/mol. The van der Waals surface area contributed by atoms with Gasteiger partial charge in [-0.15, -0.1) is 0 Å². The standard InChI is InChI=1S/C12H22O2/c1-11(2)9-4-5-10(12(11,3)14)8(9)6-7-13/h8-10,13-14H,4-7H2,1-3H3/t8-,9-,10+,12-/m1/s1. The molecule has 0 saturated heterocycles. The van der Waals surface area contributed by atoms with Crippen LogP contribution in [-0.2, 0) is 0 Å².